The number of ether oxygens (including phenoxy) is 3. The van der Waals surface area contributed by atoms with Crippen LogP contribution < -0.4 is 9.47 Å². The Bertz CT molecular complexity index is 742. The summed E-state index contributed by atoms with van der Waals surface area (Å²) in [6.45, 7) is 5.56. The minimum atomic E-state index is -0.968. The molecule has 1 fully saturated rings. The fraction of sp³-hybridized carbons (Fsp3) is 0.619. The lowest BCUT2D eigenvalue weighted by molar-refractivity contribution is 0.0449. The molecule has 0 aromatic heterocycles. The Hall–Kier alpha value is -2.19. The van der Waals surface area contributed by atoms with Crippen LogP contribution in [0.2, 0.25) is 5.02 Å². The van der Waals surface area contributed by atoms with Crippen LogP contribution in [0.4, 0.5) is 4.79 Å². The number of hydrogen-bond acceptors (Lipinski definition) is 5. The van der Waals surface area contributed by atoms with Gasteiger partial charge in [-0.2, -0.15) is 0 Å². The molecule has 168 valence electrons. The zero-order chi connectivity index (χ0) is 22.3. The third-order valence-electron chi connectivity index (χ3n) is 5.09. The van der Waals surface area contributed by atoms with Gasteiger partial charge in [-0.1, -0.05) is 11.6 Å². The molecule has 1 aliphatic rings. The Balaban J connectivity index is 2.29. The second kappa shape index (κ2) is 11.3. The van der Waals surface area contributed by atoms with Crippen molar-refractivity contribution in [2.75, 3.05) is 40.5 Å². The molecule has 1 N–H and O–H groups in total. The maximum atomic E-state index is 13.5. The first-order valence-electron chi connectivity index (χ1n) is 10.1. The fourth-order valence-corrected chi connectivity index (χ4v) is 3.91. The molecule has 1 saturated heterocycles. The number of nitrogens with zero attached hydrogens (tertiary/aromatic N) is 2. The van der Waals surface area contributed by atoms with E-state index in [-0.39, 0.29) is 29.6 Å². The maximum absolute atomic E-state index is 13.5. The Kier molecular flexibility index (Phi) is 9.05. The summed E-state index contributed by atoms with van der Waals surface area (Å²) < 4.78 is 16.2. The van der Waals surface area contributed by atoms with Crippen molar-refractivity contribution in [2.45, 2.75) is 45.2 Å². The first kappa shape index (κ1) is 24.1. The molecule has 30 heavy (non-hydrogen) atoms. The zero-order valence-corrected chi connectivity index (χ0v) is 18.8. The van der Waals surface area contributed by atoms with Gasteiger partial charge in [-0.3, -0.25) is 4.79 Å². The number of amides is 2. The van der Waals surface area contributed by atoms with E-state index in [1.54, 1.807) is 24.1 Å². The lowest BCUT2D eigenvalue weighted by Crippen LogP contribution is -2.53. The zero-order valence-electron chi connectivity index (χ0n) is 18.0. The monoisotopic (exact) mass is 442 g/mol. The molecule has 1 aromatic rings. The van der Waals surface area contributed by atoms with Crippen molar-refractivity contribution in [1.82, 2.24) is 9.80 Å². The fourth-order valence-electron chi connectivity index (χ4n) is 3.67. The van der Waals surface area contributed by atoms with E-state index in [1.807, 2.05) is 13.8 Å². The predicted octanol–water partition coefficient (Wildman–Crippen LogP) is 3.76. The van der Waals surface area contributed by atoms with Gasteiger partial charge in [-0.15, -0.1) is 0 Å². The van der Waals surface area contributed by atoms with Crippen molar-refractivity contribution in [3.8, 4) is 11.5 Å². The summed E-state index contributed by atoms with van der Waals surface area (Å²) in [6.07, 6.45) is 1.17. The Morgan fingerprint density at radius 1 is 1.27 bits per heavy atom. The number of piperidine rings is 1. The van der Waals surface area contributed by atoms with Gasteiger partial charge in [-0.05, 0) is 32.8 Å². The van der Waals surface area contributed by atoms with Crippen LogP contribution in [0.1, 0.15) is 43.5 Å². The van der Waals surface area contributed by atoms with Crippen LogP contribution >= 0.6 is 11.6 Å². The van der Waals surface area contributed by atoms with Crippen LogP contribution in [0.15, 0.2) is 12.1 Å². The second-order valence-corrected chi connectivity index (χ2v) is 7.92. The molecule has 0 spiro atoms. The molecular weight excluding hydrogens is 412 g/mol. The summed E-state index contributed by atoms with van der Waals surface area (Å²) in [7, 11) is 3.13. The lowest BCUT2D eigenvalue weighted by atomic mass is 10.0. The van der Waals surface area contributed by atoms with Crippen molar-refractivity contribution in [3.05, 3.63) is 22.7 Å². The molecule has 1 atom stereocenters. The van der Waals surface area contributed by atoms with Crippen molar-refractivity contribution in [1.29, 1.82) is 0 Å². The first-order chi connectivity index (χ1) is 14.3. The number of halogens is 1. The minimum absolute atomic E-state index is 0.125. The molecule has 0 aliphatic carbocycles. The maximum Gasteiger partial charge on any atom is 0.407 e. The highest BCUT2D eigenvalue weighted by atomic mass is 35.5. The van der Waals surface area contributed by atoms with E-state index in [0.717, 1.165) is 6.42 Å². The van der Waals surface area contributed by atoms with E-state index >= 15 is 0 Å². The van der Waals surface area contributed by atoms with Gasteiger partial charge in [-0.25, -0.2) is 4.79 Å². The molecule has 2 amide bonds. The molecule has 1 heterocycles. The summed E-state index contributed by atoms with van der Waals surface area (Å²) in [6, 6.07) is 2.83. The third-order valence-corrected chi connectivity index (χ3v) is 5.40. The largest absolute Gasteiger partial charge is 0.493 e. The summed E-state index contributed by atoms with van der Waals surface area (Å²) in [4.78, 5) is 28.0. The SMILES string of the molecule is COCCCOc1cc(C(=O)N(C(C)C)[C@@H]2CCCN(C(=O)O)C2)c(Cl)cc1OC. The van der Waals surface area contributed by atoms with E-state index in [0.29, 0.717) is 49.7 Å². The highest BCUT2D eigenvalue weighted by Crippen LogP contribution is 2.35. The smallest absolute Gasteiger partial charge is 0.407 e. The van der Waals surface area contributed by atoms with Gasteiger partial charge < -0.3 is 29.1 Å². The number of methoxy groups -OCH3 is 2. The molecule has 0 bridgehead atoms. The van der Waals surface area contributed by atoms with Crippen LogP contribution in [0.5, 0.6) is 11.5 Å². The highest BCUT2D eigenvalue weighted by Gasteiger charge is 2.33. The number of carbonyl (C=O) groups is 2. The van der Waals surface area contributed by atoms with Crippen molar-refractivity contribution in [2.24, 2.45) is 0 Å². The molecule has 1 aromatic carbocycles. The van der Waals surface area contributed by atoms with Gasteiger partial charge in [0.1, 0.15) is 0 Å². The van der Waals surface area contributed by atoms with Gasteiger partial charge in [0.2, 0.25) is 0 Å². The van der Waals surface area contributed by atoms with Crippen LogP contribution in [0, 0.1) is 0 Å². The van der Waals surface area contributed by atoms with E-state index in [9.17, 15) is 14.7 Å². The third kappa shape index (κ3) is 5.92. The van der Waals surface area contributed by atoms with Gasteiger partial charge in [0.15, 0.2) is 11.5 Å². The predicted molar refractivity (Wildman–Crippen MR) is 114 cm³/mol. The standard InChI is InChI=1S/C21H31ClN2O6/c1-14(2)24(15-7-5-8-23(13-15)21(26)27)20(25)16-11-19(30-10-6-9-28-3)18(29-4)12-17(16)22/h11-12,14-15H,5-10,13H2,1-4H3,(H,26,27)/t15-/m1/s1. The van der Waals surface area contributed by atoms with Crippen molar-refractivity contribution >= 4 is 23.6 Å². The number of benzene rings is 1. The minimum Gasteiger partial charge on any atom is -0.493 e. The molecule has 8 nitrogen and oxygen atoms in total. The average molecular weight is 443 g/mol. The molecule has 0 saturated carbocycles. The van der Waals surface area contributed by atoms with Crippen molar-refractivity contribution in [3.63, 3.8) is 0 Å². The molecular formula is C21H31ClN2O6. The summed E-state index contributed by atoms with van der Waals surface area (Å²) in [5.74, 6) is 0.622. The van der Waals surface area contributed by atoms with Crippen LogP contribution in [0.3, 0.4) is 0 Å². The quantitative estimate of drug-likeness (QED) is 0.586. The molecule has 0 radical (unpaired) electrons. The summed E-state index contributed by atoms with van der Waals surface area (Å²) in [5.41, 5.74) is 0.306. The van der Waals surface area contributed by atoms with Crippen molar-refractivity contribution < 1.29 is 28.9 Å². The Morgan fingerprint density at radius 2 is 2.00 bits per heavy atom. The van der Waals surface area contributed by atoms with Crippen LogP contribution in [-0.4, -0.2) is 79.5 Å². The van der Waals surface area contributed by atoms with Crippen LogP contribution in [0.25, 0.3) is 0 Å². The number of rotatable bonds is 9. The van der Waals surface area contributed by atoms with E-state index in [2.05, 4.69) is 0 Å². The Labute approximate surface area is 182 Å². The van der Waals surface area contributed by atoms with Gasteiger partial charge in [0.05, 0.1) is 30.3 Å². The lowest BCUT2D eigenvalue weighted by Gasteiger charge is -2.40. The number of hydrogen-bond donors (Lipinski definition) is 1. The van der Waals surface area contributed by atoms with Gasteiger partial charge in [0, 0.05) is 45.3 Å². The van der Waals surface area contributed by atoms with E-state index < -0.39 is 6.09 Å². The molecule has 9 heteroatoms. The van der Waals surface area contributed by atoms with Gasteiger partial charge in [0.25, 0.3) is 5.91 Å². The highest BCUT2D eigenvalue weighted by molar-refractivity contribution is 6.34. The number of carbonyl (C=O) groups excluding carboxylic acids is 1. The number of carboxylic acid groups (broad SMARTS) is 1. The van der Waals surface area contributed by atoms with Gasteiger partial charge >= 0.3 is 6.09 Å². The van der Waals surface area contributed by atoms with Crippen LogP contribution in [-0.2, 0) is 4.74 Å². The molecule has 0 unspecified atom stereocenters. The topological polar surface area (TPSA) is 88.5 Å². The number of likely N-dealkylation sites (tertiary alicyclic amines) is 1. The summed E-state index contributed by atoms with van der Waals surface area (Å²) in [5, 5.41) is 9.61. The average Bonchev–Trinajstić information content (AvgIpc) is 2.71. The first-order valence-corrected chi connectivity index (χ1v) is 10.5. The van der Waals surface area contributed by atoms with E-state index in [4.69, 9.17) is 25.8 Å². The normalized spacial score (nSPS) is 16.5. The van der Waals surface area contributed by atoms with E-state index in [1.165, 1.54) is 12.0 Å². The Morgan fingerprint density at radius 3 is 2.60 bits per heavy atom. The molecule has 2 rings (SSSR count). The second-order valence-electron chi connectivity index (χ2n) is 7.51. The summed E-state index contributed by atoms with van der Waals surface area (Å²) >= 11 is 6.42. The molecule has 1 aliphatic heterocycles.